The van der Waals surface area contributed by atoms with Crippen molar-refractivity contribution in [2.24, 2.45) is 5.73 Å². The van der Waals surface area contributed by atoms with Crippen LogP contribution in [0.25, 0.3) is 0 Å². The minimum absolute atomic E-state index is 0.162. The maximum absolute atomic E-state index is 12.6. The first-order valence-corrected chi connectivity index (χ1v) is 4.57. The second-order valence-electron chi connectivity index (χ2n) is 3.42. The van der Waals surface area contributed by atoms with Crippen molar-refractivity contribution in [1.29, 1.82) is 0 Å². The first kappa shape index (κ1) is 14.5. The van der Waals surface area contributed by atoms with Crippen LogP contribution in [0.15, 0.2) is 12.1 Å². The number of carbonyl (C=O) groups is 1. The minimum Gasteiger partial charge on any atom is -0.326 e. The summed E-state index contributed by atoms with van der Waals surface area (Å²) < 4.78 is 75.1. The SMILES string of the molecule is NCc1cc(C(F)(F)F)cc(C=O)c1C(F)(F)F. The molecule has 0 aliphatic rings. The van der Waals surface area contributed by atoms with Crippen molar-refractivity contribution < 1.29 is 31.1 Å². The molecule has 0 spiro atoms. The van der Waals surface area contributed by atoms with E-state index in [0.29, 0.717) is 6.07 Å². The van der Waals surface area contributed by atoms with Gasteiger partial charge in [0.15, 0.2) is 6.29 Å². The number of aldehydes is 1. The highest BCUT2D eigenvalue weighted by atomic mass is 19.4. The summed E-state index contributed by atoms with van der Waals surface area (Å²) in [6.45, 7) is -0.750. The van der Waals surface area contributed by atoms with Crippen LogP contribution in [0.3, 0.4) is 0 Å². The van der Waals surface area contributed by atoms with E-state index >= 15 is 0 Å². The van der Waals surface area contributed by atoms with Gasteiger partial charge in [-0.3, -0.25) is 4.79 Å². The van der Waals surface area contributed by atoms with Gasteiger partial charge in [0.1, 0.15) is 0 Å². The van der Waals surface area contributed by atoms with Gasteiger partial charge >= 0.3 is 12.4 Å². The molecule has 18 heavy (non-hydrogen) atoms. The van der Waals surface area contributed by atoms with Crippen LogP contribution in [-0.4, -0.2) is 6.29 Å². The Balaban J connectivity index is 3.60. The molecule has 0 saturated heterocycles. The molecule has 0 heterocycles. The topological polar surface area (TPSA) is 43.1 Å². The fraction of sp³-hybridized carbons (Fsp3) is 0.300. The largest absolute Gasteiger partial charge is 0.417 e. The predicted octanol–water partition coefficient (Wildman–Crippen LogP) is 3.00. The van der Waals surface area contributed by atoms with Crippen molar-refractivity contribution in [3.63, 3.8) is 0 Å². The monoisotopic (exact) mass is 271 g/mol. The summed E-state index contributed by atoms with van der Waals surface area (Å²) in [4.78, 5) is 10.5. The van der Waals surface area contributed by atoms with Crippen LogP contribution >= 0.6 is 0 Å². The molecule has 1 rings (SSSR count). The van der Waals surface area contributed by atoms with E-state index < -0.39 is 41.2 Å². The van der Waals surface area contributed by atoms with E-state index in [9.17, 15) is 31.1 Å². The molecular formula is C10H7F6NO. The normalized spacial score (nSPS) is 12.6. The number of hydrogen-bond acceptors (Lipinski definition) is 2. The van der Waals surface area contributed by atoms with Crippen molar-refractivity contribution in [3.05, 3.63) is 34.4 Å². The zero-order valence-corrected chi connectivity index (χ0v) is 8.69. The minimum atomic E-state index is -4.94. The zero-order valence-electron chi connectivity index (χ0n) is 8.69. The van der Waals surface area contributed by atoms with Gasteiger partial charge in [-0.2, -0.15) is 26.3 Å². The van der Waals surface area contributed by atoms with Gasteiger partial charge in [-0.1, -0.05) is 0 Å². The van der Waals surface area contributed by atoms with Gasteiger partial charge in [0.2, 0.25) is 0 Å². The lowest BCUT2D eigenvalue weighted by atomic mass is 9.97. The Hall–Kier alpha value is -1.57. The zero-order chi connectivity index (χ0) is 14.1. The van der Waals surface area contributed by atoms with Gasteiger partial charge in [0.05, 0.1) is 11.1 Å². The second kappa shape index (κ2) is 4.60. The van der Waals surface area contributed by atoms with Crippen LogP contribution in [0.2, 0.25) is 0 Å². The number of rotatable bonds is 2. The molecule has 2 N–H and O–H groups in total. The highest BCUT2D eigenvalue weighted by molar-refractivity contribution is 5.79. The molecule has 100 valence electrons. The smallest absolute Gasteiger partial charge is 0.326 e. The van der Waals surface area contributed by atoms with Crippen LogP contribution in [0, 0.1) is 0 Å². The maximum atomic E-state index is 12.6. The van der Waals surface area contributed by atoms with Crippen LogP contribution in [-0.2, 0) is 18.9 Å². The first-order chi connectivity index (χ1) is 8.11. The van der Waals surface area contributed by atoms with Gasteiger partial charge < -0.3 is 5.73 Å². The van der Waals surface area contributed by atoms with Crippen molar-refractivity contribution in [2.45, 2.75) is 18.9 Å². The lowest BCUT2D eigenvalue weighted by molar-refractivity contribution is -0.142. The average Bonchev–Trinajstić information content (AvgIpc) is 2.24. The number of nitrogens with two attached hydrogens (primary N) is 1. The molecule has 0 aliphatic heterocycles. The Morgan fingerprint density at radius 1 is 1.06 bits per heavy atom. The molecule has 0 atom stereocenters. The predicted molar refractivity (Wildman–Crippen MR) is 49.7 cm³/mol. The fourth-order valence-corrected chi connectivity index (χ4v) is 1.49. The van der Waals surface area contributed by atoms with Crippen molar-refractivity contribution in [2.75, 3.05) is 0 Å². The number of benzene rings is 1. The van der Waals surface area contributed by atoms with Gasteiger partial charge in [-0.05, 0) is 17.7 Å². The average molecular weight is 271 g/mol. The second-order valence-corrected chi connectivity index (χ2v) is 3.42. The summed E-state index contributed by atoms with van der Waals surface area (Å²) in [5, 5.41) is 0. The molecule has 0 aromatic heterocycles. The lowest BCUT2D eigenvalue weighted by Crippen LogP contribution is -2.18. The summed E-state index contributed by atoms with van der Waals surface area (Å²) in [6, 6.07) is 0.463. The quantitative estimate of drug-likeness (QED) is 0.663. The fourth-order valence-electron chi connectivity index (χ4n) is 1.49. The number of hydrogen-bond donors (Lipinski definition) is 1. The Labute approximate surface area is 97.4 Å². The molecular weight excluding hydrogens is 264 g/mol. The highest BCUT2D eigenvalue weighted by Gasteiger charge is 2.39. The van der Waals surface area contributed by atoms with E-state index in [2.05, 4.69) is 0 Å². The molecule has 0 fully saturated rings. The molecule has 0 unspecified atom stereocenters. The summed E-state index contributed by atoms with van der Waals surface area (Å²) in [6.07, 6.45) is -10.0. The number of carbonyl (C=O) groups excluding carboxylic acids is 1. The third-order valence-corrected chi connectivity index (χ3v) is 2.21. The standard InChI is InChI=1S/C10H7F6NO/c11-9(12,13)7-1-5(3-17)8(10(14,15)16)6(2-7)4-18/h1-2,4H,3,17H2. The molecule has 1 aromatic carbocycles. The van der Waals surface area contributed by atoms with Crippen molar-refractivity contribution in [3.8, 4) is 0 Å². The van der Waals surface area contributed by atoms with Gasteiger partial charge in [-0.15, -0.1) is 0 Å². The number of halogens is 6. The molecule has 0 amide bonds. The van der Waals surface area contributed by atoms with Gasteiger partial charge in [-0.25, -0.2) is 0 Å². The van der Waals surface area contributed by atoms with Crippen molar-refractivity contribution in [1.82, 2.24) is 0 Å². The summed E-state index contributed by atoms with van der Waals surface area (Å²) in [5.74, 6) is 0. The summed E-state index contributed by atoms with van der Waals surface area (Å²) >= 11 is 0. The van der Waals surface area contributed by atoms with E-state index in [4.69, 9.17) is 5.73 Å². The Morgan fingerprint density at radius 2 is 1.61 bits per heavy atom. The van der Waals surface area contributed by atoms with Crippen LogP contribution in [0.5, 0.6) is 0 Å². The Kier molecular flexibility index (Phi) is 3.70. The van der Waals surface area contributed by atoms with E-state index in [1.807, 2.05) is 0 Å². The molecule has 0 bridgehead atoms. The van der Waals surface area contributed by atoms with Gasteiger partial charge in [0, 0.05) is 12.1 Å². The van der Waals surface area contributed by atoms with E-state index in [1.54, 1.807) is 0 Å². The molecule has 1 aromatic rings. The molecule has 8 heteroatoms. The molecule has 0 saturated carbocycles. The summed E-state index contributed by atoms with van der Waals surface area (Å²) in [5.41, 5.74) is 0.406. The van der Waals surface area contributed by atoms with E-state index in [0.717, 1.165) is 0 Å². The van der Waals surface area contributed by atoms with Gasteiger partial charge in [0.25, 0.3) is 0 Å². The molecule has 0 radical (unpaired) electrons. The Bertz CT molecular complexity index is 463. The maximum Gasteiger partial charge on any atom is 0.417 e. The van der Waals surface area contributed by atoms with E-state index in [-0.39, 0.29) is 12.4 Å². The summed E-state index contributed by atoms with van der Waals surface area (Å²) in [7, 11) is 0. The first-order valence-electron chi connectivity index (χ1n) is 4.57. The van der Waals surface area contributed by atoms with Crippen LogP contribution < -0.4 is 5.73 Å². The number of alkyl halides is 6. The van der Waals surface area contributed by atoms with Crippen LogP contribution in [0.4, 0.5) is 26.3 Å². The molecule has 0 aliphatic carbocycles. The lowest BCUT2D eigenvalue weighted by Gasteiger charge is -2.17. The van der Waals surface area contributed by atoms with E-state index in [1.165, 1.54) is 0 Å². The highest BCUT2D eigenvalue weighted by Crippen LogP contribution is 2.38. The Morgan fingerprint density at radius 3 is 1.94 bits per heavy atom. The van der Waals surface area contributed by atoms with Crippen molar-refractivity contribution >= 4 is 6.29 Å². The third kappa shape index (κ3) is 2.81. The van der Waals surface area contributed by atoms with Crippen LogP contribution in [0.1, 0.15) is 27.0 Å². The third-order valence-electron chi connectivity index (χ3n) is 2.21. The molecule has 2 nitrogen and oxygen atoms in total.